The number of benzene rings is 1. The zero-order chi connectivity index (χ0) is 35.0. The van der Waals surface area contributed by atoms with Gasteiger partial charge >= 0.3 is 0 Å². The van der Waals surface area contributed by atoms with E-state index in [1.807, 2.05) is 59.7 Å². The molecule has 0 bridgehead atoms. The molecule has 1 saturated carbocycles. The molecule has 1 aromatic carbocycles. The minimum Gasteiger partial charge on any atom is -0.396 e. The van der Waals surface area contributed by atoms with Crippen LogP contribution in [0.5, 0.6) is 0 Å². The summed E-state index contributed by atoms with van der Waals surface area (Å²) in [6.45, 7) is 30.3. The number of aliphatic hydroxyl groups excluding tert-OH is 3. The van der Waals surface area contributed by atoms with Crippen molar-refractivity contribution in [2.24, 2.45) is 5.92 Å². The van der Waals surface area contributed by atoms with Crippen LogP contribution in [0.15, 0.2) is 24.3 Å². The van der Waals surface area contributed by atoms with Gasteiger partial charge in [-0.2, -0.15) is 0 Å². The van der Waals surface area contributed by atoms with Crippen LogP contribution >= 0.6 is 0 Å². The van der Waals surface area contributed by atoms with E-state index in [-0.39, 0.29) is 35.4 Å². The molecule has 0 aromatic heterocycles. The molecule has 1 aromatic rings. The van der Waals surface area contributed by atoms with Crippen molar-refractivity contribution < 1.29 is 33.9 Å². The Morgan fingerprint density at radius 2 is 1.54 bits per heavy atom. The first-order valence-corrected chi connectivity index (χ1v) is 16.8. The minimum absolute atomic E-state index is 0.0480. The smallest absolute Gasteiger partial charge is 0.187 e. The Labute approximate surface area is 278 Å². The van der Waals surface area contributed by atoms with Gasteiger partial charge < -0.3 is 39.7 Å². The number of aliphatic hydroxyl groups is 3. The van der Waals surface area contributed by atoms with Gasteiger partial charge in [-0.1, -0.05) is 24.3 Å². The number of rotatable bonds is 12. The largest absolute Gasteiger partial charge is 0.396 e. The third-order valence-electron chi connectivity index (χ3n) is 7.38. The van der Waals surface area contributed by atoms with Crippen LogP contribution in [0.3, 0.4) is 0 Å². The molecule has 1 unspecified atom stereocenters. The van der Waals surface area contributed by atoms with Crippen molar-refractivity contribution in [3.05, 3.63) is 41.2 Å². The van der Waals surface area contributed by atoms with E-state index in [2.05, 4.69) is 35.8 Å². The lowest BCUT2D eigenvalue weighted by Gasteiger charge is -2.21. The lowest BCUT2D eigenvalue weighted by atomic mass is 10.1. The number of alkyl halides is 1. The second-order valence-corrected chi connectivity index (χ2v) is 15.2. The lowest BCUT2D eigenvalue weighted by Crippen LogP contribution is -2.40. The quantitative estimate of drug-likeness (QED) is 0.169. The van der Waals surface area contributed by atoms with Gasteiger partial charge in [0.15, 0.2) is 5.69 Å². The molecule has 266 valence electrons. The van der Waals surface area contributed by atoms with E-state index in [1.54, 1.807) is 6.07 Å². The van der Waals surface area contributed by atoms with Gasteiger partial charge in [-0.3, -0.25) is 0 Å². The molecule has 2 aliphatic rings. The van der Waals surface area contributed by atoms with Crippen molar-refractivity contribution in [1.29, 1.82) is 0 Å². The Hall–Kier alpha value is -1.68. The van der Waals surface area contributed by atoms with Gasteiger partial charge in [0.25, 0.3) is 0 Å². The number of nitrogens with one attached hydrogen (secondary N) is 1. The molecule has 0 amide bonds. The van der Waals surface area contributed by atoms with Crippen molar-refractivity contribution in [3.63, 3.8) is 0 Å². The minimum atomic E-state index is -0.821. The summed E-state index contributed by atoms with van der Waals surface area (Å²) in [6.07, 6.45) is 0.978. The zero-order valence-electron chi connectivity index (χ0n) is 30.0. The number of likely N-dealkylation sites (tertiary alicyclic amines) is 1. The molecule has 46 heavy (non-hydrogen) atoms. The number of nitrogens with zero attached hydrogens (tertiary/aromatic N) is 2. The average Bonchev–Trinajstić information content (AvgIpc) is 3.50. The maximum Gasteiger partial charge on any atom is 0.187 e. The molecule has 5 atom stereocenters. The van der Waals surface area contributed by atoms with Crippen LogP contribution < -0.4 is 5.32 Å². The predicted octanol–water partition coefficient (Wildman–Crippen LogP) is 5.67. The van der Waals surface area contributed by atoms with Crippen LogP contribution in [-0.4, -0.2) is 107 Å². The summed E-state index contributed by atoms with van der Waals surface area (Å²) in [5.74, 6) is -0.219. The summed E-state index contributed by atoms with van der Waals surface area (Å²) < 4.78 is 29.6. The maximum atomic E-state index is 12.8. The molecular weight excluding hydrogens is 589 g/mol. The summed E-state index contributed by atoms with van der Waals surface area (Å²) in [5, 5.41) is 31.7. The highest BCUT2D eigenvalue weighted by atomic mass is 19.1. The fourth-order valence-electron chi connectivity index (χ4n) is 4.92. The average molecular weight is 654 g/mol. The highest BCUT2D eigenvalue weighted by molar-refractivity contribution is 5.46. The molecular formula is C36H64FN3O6. The van der Waals surface area contributed by atoms with E-state index < -0.39 is 18.4 Å². The van der Waals surface area contributed by atoms with Crippen LogP contribution in [0.4, 0.5) is 10.1 Å². The van der Waals surface area contributed by atoms with Gasteiger partial charge in [-0.25, -0.2) is 9.24 Å². The second-order valence-electron chi connectivity index (χ2n) is 15.2. The van der Waals surface area contributed by atoms with Gasteiger partial charge in [-0.05, 0) is 100 Å². The standard InChI is InChI=1S/C13H27NO4.C12H15NO.C11H22FNO/c1-13(2,3)18-6-4-5-14-10-7-9(8-15)11(16)12(10)17;1-12(2,3)14-9-10-6-5-7-11(8-10)13-4;1-11(2,3)14-8-4-6-13-7-5-10(12)9-13/h9-12,14-17H,4-8H2,1-3H3;5-8H,9H2,1-3H3;10H,4-9H2,1-3H3/t9-,10-,11-,12+;;/m1../s1. The van der Waals surface area contributed by atoms with Crippen LogP contribution in [0.2, 0.25) is 0 Å². The fraction of sp³-hybridized carbons (Fsp3) is 0.806. The van der Waals surface area contributed by atoms with E-state index >= 15 is 0 Å². The Balaban J connectivity index is 0.000000349. The van der Waals surface area contributed by atoms with Crippen molar-refractivity contribution in [1.82, 2.24) is 10.2 Å². The monoisotopic (exact) mass is 653 g/mol. The number of hydrogen-bond donors (Lipinski definition) is 4. The van der Waals surface area contributed by atoms with Crippen LogP contribution in [0.25, 0.3) is 4.85 Å². The molecule has 0 spiro atoms. The van der Waals surface area contributed by atoms with E-state index in [1.165, 1.54) is 0 Å². The first kappa shape index (κ1) is 42.3. The Morgan fingerprint density at radius 1 is 0.935 bits per heavy atom. The van der Waals surface area contributed by atoms with Crippen LogP contribution in [-0.2, 0) is 20.8 Å². The van der Waals surface area contributed by atoms with Gasteiger partial charge in [0.2, 0.25) is 0 Å². The van der Waals surface area contributed by atoms with Gasteiger partial charge in [-0.15, -0.1) is 0 Å². The highest BCUT2D eigenvalue weighted by Gasteiger charge is 2.40. The molecule has 2 fully saturated rings. The summed E-state index contributed by atoms with van der Waals surface area (Å²) in [6, 6.07) is 7.38. The van der Waals surface area contributed by atoms with Crippen molar-refractivity contribution >= 4 is 5.69 Å². The Bertz CT molecular complexity index is 1000. The Kier molecular flexibility index (Phi) is 19.0. The molecule has 4 N–H and O–H groups in total. The zero-order valence-corrected chi connectivity index (χ0v) is 30.0. The maximum absolute atomic E-state index is 12.8. The summed E-state index contributed by atoms with van der Waals surface area (Å²) in [7, 11) is 0. The Morgan fingerprint density at radius 3 is 2.04 bits per heavy atom. The third-order valence-corrected chi connectivity index (χ3v) is 7.38. The van der Waals surface area contributed by atoms with Crippen LogP contribution in [0.1, 0.15) is 93.6 Å². The molecule has 10 heteroatoms. The summed E-state index contributed by atoms with van der Waals surface area (Å²) in [5.41, 5.74) is 1.42. The van der Waals surface area contributed by atoms with Crippen molar-refractivity contribution in [2.45, 2.75) is 136 Å². The number of ether oxygens (including phenoxy) is 3. The molecule has 9 nitrogen and oxygen atoms in total. The van der Waals surface area contributed by atoms with E-state index in [0.717, 1.165) is 44.6 Å². The second kappa shape index (κ2) is 20.6. The third kappa shape index (κ3) is 19.9. The molecule has 0 radical (unpaired) electrons. The number of hydrogen-bond acceptors (Lipinski definition) is 8. The SMILES string of the molecule is CC(C)(C)OCCCN1CCC(F)C1.CC(C)(C)OCCCN[C@@H]1C[C@H](CO)[C@@H](O)[C@H]1O.[C-]#[N+]c1cccc(COC(C)(C)C)c1. The van der Waals surface area contributed by atoms with Crippen LogP contribution in [0, 0.1) is 12.5 Å². The first-order valence-electron chi connectivity index (χ1n) is 16.8. The molecule has 1 saturated heterocycles. The molecule has 1 aliphatic heterocycles. The lowest BCUT2D eigenvalue weighted by molar-refractivity contribution is -0.0149. The molecule has 1 heterocycles. The van der Waals surface area contributed by atoms with Gasteiger partial charge in [0.1, 0.15) is 6.17 Å². The van der Waals surface area contributed by atoms with Gasteiger partial charge in [0, 0.05) is 51.4 Å². The highest BCUT2D eigenvalue weighted by Crippen LogP contribution is 2.26. The van der Waals surface area contributed by atoms with Crippen molar-refractivity contribution in [3.8, 4) is 0 Å². The van der Waals surface area contributed by atoms with E-state index in [0.29, 0.717) is 38.3 Å². The molecule has 3 rings (SSSR count). The van der Waals surface area contributed by atoms with E-state index in [4.69, 9.17) is 25.9 Å². The summed E-state index contributed by atoms with van der Waals surface area (Å²) in [4.78, 5) is 5.55. The normalized spacial score (nSPS) is 23.7. The predicted molar refractivity (Wildman–Crippen MR) is 183 cm³/mol. The van der Waals surface area contributed by atoms with Gasteiger partial charge in [0.05, 0.1) is 42.2 Å². The van der Waals surface area contributed by atoms with Crippen molar-refractivity contribution in [2.75, 3.05) is 46.0 Å². The molecule has 1 aliphatic carbocycles. The summed E-state index contributed by atoms with van der Waals surface area (Å²) >= 11 is 0. The number of halogens is 1. The van der Waals surface area contributed by atoms with E-state index in [9.17, 15) is 14.6 Å². The fourth-order valence-corrected chi connectivity index (χ4v) is 4.92. The first-order chi connectivity index (χ1) is 21.3. The topological polar surface area (TPSA) is 108 Å².